The van der Waals surface area contributed by atoms with E-state index in [-0.39, 0.29) is 11.2 Å². The molecule has 1 atom stereocenters. The van der Waals surface area contributed by atoms with Crippen LogP contribution in [-0.4, -0.2) is 27.6 Å². The second kappa shape index (κ2) is 8.09. The highest BCUT2D eigenvalue weighted by atomic mass is 32.1. The van der Waals surface area contributed by atoms with Crippen LogP contribution in [0.1, 0.15) is 43.7 Å². The summed E-state index contributed by atoms with van der Waals surface area (Å²) in [7, 11) is 0. The number of hydrogen-bond acceptors (Lipinski definition) is 6. The summed E-state index contributed by atoms with van der Waals surface area (Å²) < 4.78 is 6.90. The van der Waals surface area contributed by atoms with Crippen LogP contribution in [0.3, 0.4) is 0 Å². The van der Waals surface area contributed by atoms with Gasteiger partial charge >= 0.3 is 0 Å². The van der Waals surface area contributed by atoms with Crippen molar-refractivity contribution in [2.45, 2.75) is 52.1 Å². The molecule has 2 aromatic carbocycles. The minimum Gasteiger partial charge on any atom is -0.507 e. The van der Waals surface area contributed by atoms with Crippen molar-refractivity contribution >= 4 is 32.5 Å². The van der Waals surface area contributed by atoms with Crippen molar-refractivity contribution in [2.75, 3.05) is 6.54 Å². The zero-order valence-corrected chi connectivity index (χ0v) is 18.7. The first-order valence-electron chi connectivity index (χ1n) is 10.9. The molecule has 2 aromatic heterocycles. The first kappa shape index (κ1) is 20.2. The van der Waals surface area contributed by atoms with Crippen molar-refractivity contribution in [3.63, 3.8) is 0 Å². The average molecular weight is 435 g/mol. The third-order valence-corrected chi connectivity index (χ3v) is 7.53. The lowest BCUT2D eigenvalue weighted by Crippen LogP contribution is -2.38. The lowest BCUT2D eigenvalue weighted by molar-refractivity contribution is 0.135. The number of nitrogens with zero attached hydrogens (tertiary/aromatic N) is 2. The summed E-state index contributed by atoms with van der Waals surface area (Å²) in [5.74, 6) is 0.226. The van der Waals surface area contributed by atoms with Crippen LogP contribution < -0.4 is 5.43 Å². The van der Waals surface area contributed by atoms with Gasteiger partial charge in [0.15, 0.2) is 0 Å². The number of aryl methyl sites for hydroxylation is 1. The normalized spacial score (nSPS) is 17.5. The molecular weight excluding hydrogens is 408 g/mol. The zero-order valence-electron chi connectivity index (χ0n) is 17.9. The van der Waals surface area contributed by atoms with Crippen LogP contribution >= 0.6 is 11.3 Å². The van der Waals surface area contributed by atoms with Gasteiger partial charge in [-0.2, -0.15) is 0 Å². The number of piperidine rings is 1. The van der Waals surface area contributed by atoms with Crippen LogP contribution in [0, 0.1) is 6.92 Å². The summed E-state index contributed by atoms with van der Waals surface area (Å²) in [6, 6.07) is 10.2. The van der Waals surface area contributed by atoms with E-state index >= 15 is 0 Å². The van der Waals surface area contributed by atoms with E-state index in [0.29, 0.717) is 39.7 Å². The Balaban J connectivity index is 1.61. The van der Waals surface area contributed by atoms with Gasteiger partial charge in [-0.25, -0.2) is 4.98 Å². The molecule has 1 saturated heterocycles. The van der Waals surface area contributed by atoms with Crippen molar-refractivity contribution in [3.8, 4) is 16.3 Å². The van der Waals surface area contributed by atoms with Gasteiger partial charge in [-0.3, -0.25) is 9.69 Å². The average Bonchev–Trinajstić information content (AvgIpc) is 3.22. The predicted octanol–water partition coefficient (Wildman–Crippen LogP) is 5.85. The molecule has 31 heavy (non-hydrogen) atoms. The number of rotatable bonds is 4. The summed E-state index contributed by atoms with van der Waals surface area (Å²) in [6.45, 7) is 5.70. The van der Waals surface area contributed by atoms with Crippen LogP contribution in [0.25, 0.3) is 31.8 Å². The van der Waals surface area contributed by atoms with Crippen molar-refractivity contribution < 1.29 is 9.52 Å². The quantitative estimate of drug-likeness (QED) is 0.436. The maximum Gasteiger partial charge on any atom is 0.202 e. The number of para-hydroxylation sites is 1. The standard InChI is InChI=1S/C25H26N2O3S/c1-3-17-8-6-7-11-27(17)13-16-12-18-23(29)19(14-30-24(18)15(2)22(16)28)25-26-20-9-4-5-10-21(20)31-25/h4-5,9-10,12,14,17,28H,3,6-8,11,13H2,1-2H3. The van der Waals surface area contributed by atoms with Crippen LogP contribution in [0.4, 0.5) is 0 Å². The third-order valence-electron chi connectivity index (χ3n) is 6.47. The molecule has 5 nitrogen and oxygen atoms in total. The number of aromatic nitrogens is 1. The van der Waals surface area contributed by atoms with Crippen LogP contribution in [0.15, 0.2) is 45.8 Å². The molecule has 4 aromatic rings. The highest BCUT2D eigenvalue weighted by Gasteiger charge is 2.24. The van der Waals surface area contributed by atoms with Crippen LogP contribution in [0.2, 0.25) is 0 Å². The third kappa shape index (κ3) is 3.54. The molecular formula is C25H26N2O3S. The van der Waals surface area contributed by atoms with E-state index in [2.05, 4.69) is 16.8 Å². The van der Waals surface area contributed by atoms with E-state index in [9.17, 15) is 9.90 Å². The van der Waals surface area contributed by atoms with Gasteiger partial charge in [0.1, 0.15) is 22.6 Å². The number of phenols is 1. The fraction of sp³-hybridized carbons (Fsp3) is 0.360. The smallest absolute Gasteiger partial charge is 0.202 e. The molecule has 5 rings (SSSR count). The molecule has 0 bridgehead atoms. The van der Waals surface area contributed by atoms with Crippen molar-refractivity contribution in [3.05, 3.63) is 57.9 Å². The summed E-state index contributed by atoms with van der Waals surface area (Å²) in [6.07, 6.45) is 6.19. The molecule has 1 N–H and O–H groups in total. The number of hydrogen-bond donors (Lipinski definition) is 1. The van der Waals surface area contributed by atoms with E-state index in [1.54, 1.807) is 0 Å². The SMILES string of the molecule is CCC1CCCCN1Cc1cc2c(=O)c(-c3nc4ccccc4s3)coc2c(C)c1O. The van der Waals surface area contributed by atoms with E-state index in [1.807, 2.05) is 37.3 Å². The Labute approximate surface area is 185 Å². The van der Waals surface area contributed by atoms with E-state index in [0.717, 1.165) is 28.7 Å². The van der Waals surface area contributed by atoms with E-state index in [4.69, 9.17) is 4.42 Å². The Morgan fingerprint density at radius 2 is 2.13 bits per heavy atom. The van der Waals surface area contributed by atoms with Crippen molar-refractivity contribution in [2.24, 2.45) is 0 Å². The second-order valence-corrected chi connectivity index (χ2v) is 9.41. The molecule has 1 aliphatic rings. The first-order chi connectivity index (χ1) is 15.1. The van der Waals surface area contributed by atoms with Gasteiger partial charge < -0.3 is 9.52 Å². The highest BCUT2D eigenvalue weighted by Crippen LogP contribution is 2.34. The topological polar surface area (TPSA) is 66.6 Å². The van der Waals surface area contributed by atoms with Crippen LogP contribution in [-0.2, 0) is 6.54 Å². The van der Waals surface area contributed by atoms with Crippen molar-refractivity contribution in [1.82, 2.24) is 9.88 Å². The molecule has 0 amide bonds. The van der Waals surface area contributed by atoms with Gasteiger partial charge in [0.25, 0.3) is 0 Å². The predicted molar refractivity (Wildman–Crippen MR) is 126 cm³/mol. The fourth-order valence-electron chi connectivity index (χ4n) is 4.70. The highest BCUT2D eigenvalue weighted by molar-refractivity contribution is 7.21. The largest absolute Gasteiger partial charge is 0.507 e. The van der Waals surface area contributed by atoms with Gasteiger partial charge in [0.2, 0.25) is 5.43 Å². The Hall–Kier alpha value is -2.70. The summed E-state index contributed by atoms with van der Waals surface area (Å²) in [5.41, 5.74) is 3.09. The lowest BCUT2D eigenvalue weighted by atomic mass is 9.97. The molecule has 3 heterocycles. The van der Waals surface area contributed by atoms with E-state index < -0.39 is 0 Å². The van der Waals surface area contributed by atoms with Gasteiger partial charge in [0, 0.05) is 23.7 Å². The van der Waals surface area contributed by atoms with Gasteiger partial charge in [0.05, 0.1) is 21.2 Å². The Morgan fingerprint density at radius 1 is 1.29 bits per heavy atom. The van der Waals surface area contributed by atoms with E-state index in [1.165, 1.54) is 36.9 Å². The minimum atomic E-state index is -0.102. The van der Waals surface area contributed by atoms with Gasteiger partial charge in [-0.1, -0.05) is 25.5 Å². The molecule has 0 spiro atoms. The number of phenolic OH excluding ortho intramolecular Hbond substituents is 1. The maximum atomic E-state index is 13.4. The number of likely N-dealkylation sites (tertiary alicyclic amines) is 1. The minimum absolute atomic E-state index is 0.102. The summed E-state index contributed by atoms with van der Waals surface area (Å²) in [4.78, 5) is 20.5. The van der Waals surface area contributed by atoms with Crippen molar-refractivity contribution in [1.29, 1.82) is 0 Å². The fourth-order valence-corrected chi connectivity index (χ4v) is 5.67. The lowest BCUT2D eigenvalue weighted by Gasteiger charge is -2.35. The second-order valence-electron chi connectivity index (χ2n) is 8.38. The maximum absolute atomic E-state index is 13.4. The monoisotopic (exact) mass is 434 g/mol. The summed E-state index contributed by atoms with van der Waals surface area (Å²) in [5, 5.41) is 12.0. The number of benzene rings is 2. The molecule has 1 fully saturated rings. The summed E-state index contributed by atoms with van der Waals surface area (Å²) >= 11 is 1.49. The number of fused-ring (bicyclic) bond motifs is 2. The Kier molecular flexibility index (Phi) is 5.28. The molecule has 160 valence electrons. The molecule has 0 saturated carbocycles. The first-order valence-corrected chi connectivity index (χ1v) is 11.8. The Bertz CT molecular complexity index is 1290. The number of aromatic hydroxyl groups is 1. The molecule has 1 aliphatic heterocycles. The molecule has 1 unspecified atom stereocenters. The molecule has 6 heteroatoms. The Morgan fingerprint density at radius 3 is 2.94 bits per heavy atom. The van der Waals surface area contributed by atoms with Gasteiger partial charge in [-0.15, -0.1) is 11.3 Å². The zero-order chi connectivity index (χ0) is 21.5. The molecule has 0 radical (unpaired) electrons. The molecule has 0 aliphatic carbocycles. The number of thiazole rings is 1. The van der Waals surface area contributed by atoms with Gasteiger partial charge in [-0.05, 0) is 50.9 Å². The van der Waals surface area contributed by atoms with Crippen LogP contribution in [0.5, 0.6) is 5.75 Å².